The summed E-state index contributed by atoms with van der Waals surface area (Å²) in [5.41, 5.74) is 0. The minimum atomic E-state index is -3.05. The van der Waals surface area contributed by atoms with Gasteiger partial charge in [0, 0.05) is 12.6 Å². The van der Waals surface area contributed by atoms with Gasteiger partial charge in [0.2, 0.25) is 10.0 Å². The summed E-state index contributed by atoms with van der Waals surface area (Å²) in [6, 6.07) is 0.669. The summed E-state index contributed by atoms with van der Waals surface area (Å²) in [6.07, 6.45) is 9.44. The van der Waals surface area contributed by atoms with Crippen LogP contribution in [-0.2, 0) is 10.0 Å². The smallest absolute Gasteiger partial charge is 0.211 e. The van der Waals surface area contributed by atoms with Crippen LogP contribution in [0.3, 0.4) is 0 Å². The molecule has 0 heterocycles. The van der Waals surface area contributed by atoms with Crippen LogP contribution >= 0.6 is 0 Å². The molecular formula is C13H26N2O2S. The van der Waals surface area contributed by atoms with E-state index in [-0.39, 0.29) is 5.75 Å². The molecule has 2 rings (SSSR count). The van der Waals surface area contributed by atoms with Gasteiger partial charge in [-0.2, -0.15) is 0 Å². The molecule has 0 saturated heterocycles. The van der Waals surface area contributed by atoms with Gasteiger partial charge in [-0.05, 0) is 44.6 Å². The SMILES string of the molecule is O=S(=O)(CCCNC1CC1)NCC1CCCCC1. The molecule has 0 radical (unpaired) electrons. The molecule has 5 heteroatoms. The maximum atomic E-state index is 11.8. The minimum Gasteiger partial charge on any atom is -0.314 e. The van der Waals surface area contributed by atoms with Crippen molar-refractivity contribution in [1.29, 1.82) is 0 Å². The van der Waals surface area contributed by atoms with Gasteiger partial charge in [0.1, 0.15) is 0 Å². The Morgan fingerprint density at radius 2 is 1.72 bits per heavy atom. The third kappa shape index (κ3) is 5.67. The molecule has 0 unspecified atom stereocenters. The Hall–Kier alpha value is -0.130. The Balaban J connectivity index is 1.56. The average Bonchev–Trinajstić information content (AvgIpc) is 3.18. The largest absolute Gasteiger partial charge is 0.314 e. The molecule has 0 aliphatic heterocycles. The highest BCUT2D eigenvalue weighted by atomic mass is 32.2. The lowest BCUT2D eigenvalue weighted by Crippen LogP contribution is -2.33. The molecule has 18 heavy (non-hydrogen) atoms. The molecule has 0 aromatic rings. The first-order valence-electron chi connectivity index (χ1n) is 7.36. The highest BCUT2D eigenvalue weighted by Gasteiger charge is 2.20. The van der Waals surface area contributed by atoms with Gasteiger partial charge < -0.3 is 5.32 Å². The number of nitrogens with one attached hydrogen (secondary N) is 2. The average molecular weight is 274 g/mol. The van der Waals surface area contributed by atoms with E-state index < -0.39 is 10.0 Å². The van der Waals surface area contributed by atoms with E-state index in [1.54, 1.807) is 0 Å². The Labute approximate surface area is 111 Å². The number of sulfonamides is 1. The van der Waals surface area contributed by atoms with Crippen LogP contribution in [-0.4, -0.2) is 33.3 Å². The topological polar surface area (TPSA) is 58.2 Å². The molecule has 2 saturated carbocycles. The van der Waals surface area contributed by atoms with Crippen molar-refractivity contribution in [2.24, 2.45) is 5.92 Å². The fourth-order valence-electron chi connectivity index (χ4n) is 2.56. The maximum Gasteiger partial charge on any atom is 0.211 e. The molecule has 4 nitrogen and oxygen atoms in total. The fraction of sp³-hybridized carbons (Fsp3) is 1.00. The van der Waals surface area contributed by atoms with Crippen molar-refractivity contribution in [3.8, 4) is 0 Å². The summed E-state index contributed by atoms with van der Waals surface area (Å²) in [5, 5.41) is 3.34. The van der Waals surface area contributed by atoms with Crippen molar-refractivity contribution in [3.63, 3.8) is 0 Å². The molecule has 0 spiro atoms. The molecule has 0 aromatic heterocycles. The molecule has 2 fully saturated rings. The molecule has 0 atom stereocenters. The van der Waals surface area contributed by atoms with Gasteiger partial charge in [0.25, 0.3) is 0 Å². The van der Waals surface area contributed by atoms with Crippen LogP contribution in [0.5, 0.6) is 0 Å². The number of hydrogen-bond acceptors (Lipinski definition) is 3. The molecular weight excluding hydrogens is 248 g/mol. The second-order valence-electron chi connectivity index (χ2n) is 5.75. The van der Waals surface area contributed by atoms with Crippen molar-refractivity contribution in [2.75, 3.05) is 18.8 Å². The van der Waals surface area contributed by atoms with Crippen LogP contribution in [0.15, 0.2) is 0 Å². The lowest BCUT2D eigenvalue weighted by atomic mass is 9.90. The van der Waals surface area contributed by atoms with E-state index in [1.807, 2.05) is 0 Å². The summed E-state index contributed by atoms with van der Waals surface area (Å²) in [4.78, 5) is 0. The maximum absolute atomic E-state index is 11.8. The molecule has 2 aliphatic carbocycles. The van der Waals surface area contributed by atoms with E-state index in [0.717, 1.165) is 13.0 Å². The van der Waals surface area contributed by atoms with Gasteiger partial charge in [-0.1, -0.05) is 19.3 Å². The zero-order valence-corrected chi connectivity index (χ0v) is 12.0. The van der Waals surface area contributed by atoms with Crippen LogP contribution in [0, 0.1) is 5.92 Å². The van der Waals surface area contributed by atoms with Gasteiger partial charge in [-0.25, -0.2) is 13.1 Å². The van der Waals surface area contributed by atoms with Crippen LogP contribution in [0.1, 0.15) is 51.4 Å². The normalized spacial score (nSPS) is 22.2. The minimum absolute atomic E-state index is 0.263. The lowest BCUT2D eigenvalue weighted by Gasteiger charge is -2.21. The van der Waals surface area contributed by atoms with Gasteiger partial charge in [0.15, 0.2) is 0 Å². The number of rotatable bonds is 8. The van der Waals surface area contributed by atoms with E-state index in [2.05, 4.69) is 10.0 Å². The molecule has 2 aliphatic rings. The predicted octanol–water partition coefficient (Wildman–Crippen LogP) is 1.63. The van der Waals surface area contributed by atoms with E-state index in [4.69, 9.17) is 0 Å². The molecule has 0 aromatic carbocycles. The van der Waals surface area contributed by atoms with Crippen LogP contribution in [0.2, 0.25) is 0 Å². The monoisotopic (exact) mass is 274 g/mol. The molecule has 2 N–H and O–H groups in total. The van der Waals surface area contributed by atoms with Crippen LogP contribution in [0.4, 0.5) is 0 Å². The second kappa shape index (κ2) is 6.87. The van der Waals surface area contributed by atoms with E-state index in [0.29, 0.717) is 18.5 Å². The quantitative estimate of drug-likeness (QED) is 0.661. The van der Waals surface area contributed by atoms with Crippen molar-refractivity contribution in [3.05, 3.63) is 0 Å². The Morgan fingerprint density at radius 3 is 2.39 bits per heavy atom. The third-order valence-corrected chi connectivity index (χ3v) is 5.35. The Kier molecular flexibility index (Phi) is 5.45. The van der Waals surface area contributed by atoms with Crippen molar-refractivity contribution in [2.45, 2.75) is 57.4 Å². The lowest BCUT2D eigenvalue weighted by molar-refractivity contribution is 0.357. The zero-order chi connectivity index (χ0) is 12.8. The third-order valence-electron chi connectivity index (χ3n) is 3.92. The van der Waals surface area contributed by atoms with Gasteiger partial charge in [-0.15, -0.1) is 0 Å². The Morgan fingerprint density at radius 1 is 1.00 bits per heavy atom. The van der Waals surface area contributed by atoms with Crippen molar-refractivity contribution >= 4 is 10.0 Å². The molecule has 0 bridgehead atoms. The van der Waals surface area contributed by atoms with Crippen LogP contribution < -0.4 is 10.0 Å². The molecule has 0 amide bonds. The first kappa shape index (κ1) is 14.3. The summed E-state index contributed by atoms with van der Waals surface area (Å²) in [7, 11) is -3.05. The van der Waals surface area contributed by atoms with Crippen molar-refractivity contribution < 1.29 is 8.42 Å². The first-order chi connectivity index (χ1) is 8.66. The summed E-state index contributed by atoms with van der Waals surface area (Å²) in [6.45, 7) is 1.48. The van der Waals surface area contributed by atoms with Gasteiger partial charge >= 0.3 is 0 Å². The fourth-order valence-corrected chi connectivity index (χ4v) is 3.72. The standard InChI is InChI=1S/C13H26N2O2S/c16-18(17,10-4-9-14-13-7-8-13)15-11-12-5-2-1-3-6-12/h12-15H,1-11H2. The predicted molar refractivity (Wildman–Crippen MR) is 74.0 cm³/mol. The second-order valence-corrected chi connectivity index (χ2v) is 7.68. The summed E-state index contributed by atoms with van der Waals surface area (Å²) < 4.78 is 26.4. The summed E-state index contributed by atoms with van der Waals surface area (Å²) >= 11 is 0. The van der Waals surface area contributed by atoms with Crippen molar-refractivity contribution in [1.82, 2.24) is 10.0 Å². The molecule has 106 valence electrons. The highest BCUT2D eigenvalue weighted by Crippen LogP contribution is 2.23. The first-order valence-corrected chi connectivity index (χ1v) is 9.02. The van der Waals surface area contributed by atoms with E-state index >= 15 is 0 Å². The van der Waals surface area contributed by atoms with E-state index in [9.17, 15) is 8.42 Å². The zero-order valence-electron chi connectivity index (χ0n) is 11.2. The highest BCUT2D eigenvalue weighted by molar-refractivity contribution is 7.89. The summed E-state index contributed by atoms with van der Waals surface area (Å²) in [5.74, 6) is 0.831. The Bertz CT molecular complexity index is 333. The van der Waals surface area contributed by atoms with Gasteiger partial charge in [0.05, 0.1) is 5.75 Å². The van der Waals surface area contributed by atoms with E-state index in [1.165, 1.54) is 44.9 Å². The van der Waals surface area contributed by atoms with Gasteiger partial charge in [-0.3, -0.25) is 0 Å². The number of hydrogen-bond donors (Lipinski definition) is 2. The van der Waals surface area contributed by atoms with Crippen LogP contribution in [0.25, 0.3) is 0 Å².